The number of hydrogen-bond acceptors (Lipinski definition) is 6. The Morgan fingerprint density at radius 3 is 2.91 bits per heavy atom. The molecule has 1 aromatic heterocycles. The lowest BCUT2D eigenvalue weighted by atomic mass is 9.53. The monoisotopic (exact) mass is 454 g/mol. The highest BCUT2D eigenvalue weighted by Crippen LogP contribution is 2.62. The first-order valence-corrected chi connectivity index (χ1v) is 12.0. The molecule has 0 N–H and O–H groups in total. The van der Waals surface area contributed by atoms with Crippen molar-refractivity contribution in [2.45, 2.75) is 43.4 Å². The van der Waals surface area contributed by atoms with Gasteiger partial charge in [-0.05, 0) is 56.3 Å². The number of esters is 1. The van der Waals surface area contributed by atoms with Crippen molar-refractivity contribution in [1.82, 2.24) is 9.88 Å². The van der Waals surface area contributed by atoms with Gasteiger partial charge in [0.25, 0.3) is 0 Å². The van der Waals surface area contributed by atoms with Crippen LogP contribution < -0.4 is 14.2 Å². The van der Waals surface area contributed by atoms with Crippen molar-refractivity contribution in [3.63, 3.8) is 0 Å². The number of benzene rings is 2. The maximum atomic E-state index is 11.8. The third-order valence-electron chi connectivity index (χ3n) is 8.20. The number of rotatable bonds is 3. The number of aromatic nitrogens is 1. The van der Waals surface area contributed by atoms with Crippen LogP contribution in [0.4, 0.5) is 0 Å². The quantitative estimate of drug-likeness (QED) is 0.338. The Kier molecular flexibility index (Phi) is 4.16. The highest BCUT2D eigenvalue weighted by molar-refractivity contribution is 5.78. The molecule has 5 atom stereocenters. The number of likely N-dealkylation sites (N-methyl/N-ethyl adjacent to an activating group) is 1. The number of fused-ring (bicyclic) bond motifs is 1. The smallest absolute Gasteiger partial charge is 0.308 e. The Labute approximate surface area is 198 Å². The van der Waals surface area contributed by atoms with Gasteiger partial charge in [0, 0.05) is 41.3 Å². The van der Waals surface area contributed by atoms with E-state index in [1.807, 2.05) is 42.5 Å². The third kappa shape index (κ3) is 2.66. The van der Waals surface area contributed by atoms with Crippen LogP contribution in [-0.2, 0) is 16.6 Å². The van der Waals surface area contributed by atoms with Gasteiger partial charge in [-0.25, -0.2) is 4.98 Å². The summed E-state index contributed by atoms with van der Waals surface area (Å²) in [5.41, 5.74) is 3.21. The Morgan fingerprint density at radius 2 is 2.03 bits per heavy atom. The molecule has 6 nitrogen and oxygen atoms in total. The van der Waals surface area contributed by atoms with Gasteiger partial charge in [0.05, 0.1) is 5.52 Å². The molecule has 0 saturated carbocycles. The summed E-state index contributed by atoms with van der Waals surface area (Å²) in [6.45, 7) is 2.42. The zero-order valence-corrected chi connectivity index (χ0v) is 19.2. The number of nitrogens with zero attached hydrogens (tertiary/aromatic N) is 2. The average molecular weight is 455 g/mol. The summed E-state index contributed by atoms with van der Waals surface area (Å²) >= 11 is 0. The molecule has 3 aromatic rings. The summed E-state index contributed by atoms with van der Waals surface area (Å²) in [6, 6.07) is 16.4. The Morgan fingerprint density at radius 1 is 1.15 bits per heavy atom. The van der Waals surface area contributed by atoms with Crippen LogP contribution in [0.2, 0.25) is 0 Å². The summed E-state index contributed by atoms with van der Waals surface area (Å²) < 4.78 is 18.8. The predicted octanol–water partition coefficient (Wildman–Crippen LogP) is 4.05. The summed E-state index contributed by atoms with van der Waals surface area (Å²) in [6.07, 6.45) is 5.91. The lowest BCUT2D eigenvalue weighted by molar-refractivity contribution is -0.132. The Bertz CT molecular complexity index is 1370. The fourth-order valence-electron chi connectivity index (χ4n) is 6.80. The van der Waals surface area contributed by atoms with Crippen LogP contribution in [-0.4, -0.2) is 47.7 Å². The first-order valence-electron chi connectivity index (χ1n) is 12.0. The number of carbonyl (C=O) groups excluding carboxylic acids is 1. The number of pyridine rings is 1. The molecule has 0 amide bonds. The minimum atomic E-state index is -0.341. The van der Waals surface area contributed by atoms with Gasteiger partial charge in [0.1, 0.15) is 6.10 Å². The summed E-state index contributed by atoms with van der Waals surface area (Å²) in [7, 11) is 2.22. The van der Waals surface area contributed by atoms with E-state index in [1.165, 1.54) is 18.1 Å². The molecule has 34 heavy (non-hydrogen) atoms. The standard InChI is InChI=1S/C28H26N2O4/c1-16(31)32-22-10-7-18-15-21-19-9-11-23(33-24-12-8-17-5-3-4-6-20(17)29-24)27-28(19,13-14-30(21)2)25(18)26(22)34-27/h3-12,19,21,23,27H,13-15H2,1-2H3/t19-,21+,23-,27-,28-/m0/s1. The number of para-hydroxylation sites is 1. The normalized spacial score (nSPS) is 30.5. The van der Waals surface area contributed by atoms with Crippen LogP contribution >= 0.6 is 0 Å². The summed E-state index contributed by atoms with van der Waals surface area (Å²) in [5.74, 6) is 1.79. The number of ether oxygens (including phenoxy) is 3. The second-order valence-corrected chi connectivity index (χ2v) is 9.94. The Hall–Kier alpha value is -3.38. The predicted molar refractivity (Wildman–Crippen MR) is 127 cm³/mol. The molecule has 2 aliphatic heterocycles. The van der Waals surface area contributed by atoms with Crippen LogP contribution in [0.5, 0.6) is 17.4 Å². The summed E-state index contributed by atoms with van der Waals surface area (Å²) in [4.78, 5) is 19.0. The van der Waals surface area contributed by atoms with E-state index in [9.17, 15) is 4.79 Å². The van der Waals surface area contributed by atoms with Crippen molar-refractivity contribution in [3.8, 4) is 17.4 Å². The van der Waals surface area contributed by atoms with E-state index in [2.05, 4.69) is 30.2 Å². The highest BCUT2D eigenvalue weighted by Gasteiger charge is 2.65. The van der Waals surface area contributed by atoms with E-state index >= 15 is 0 Å². The molecule has 172 valence electrons. The molecule has 2 aromatic carbocycles. The van der Waals surface area contributed by atoms with E-state index in [0.29, 0.717) is 23.6 Å². The van der Waals surface area contributed by atoms with Gasteiger partial charge in [-0.15, -0.1) is 0 Å². The molecule has 7 rings (SSSR count). The van der Waals surface area contributed by atoms with E-state index < -0.39 is 0 Å². The second kappa shape index (κ2) is 7.06. The van der Waals surface area contributed by atoms with Gasteiger partial charge in [-0.3, -0.25) is 4.79 Å². The van der Waals surface area contributed by atoms with Gasteiger partial charge in [0.15, 0.2) is 17.6 Å². The molecule has 3 heterocycles. The van der Waals surface area contributed by atoms with E-state index in [-0.39, 0.29) is 23.6 Å². The fraction of sp³-hybridized carbons (Fsp3) is 0.357. The van der Waals surface area contributed by atoms with Crippen molar-refractivity contribution in [2.75, 3.05) is 13.6 Å². The van der Waals surface area contributed by atoms with Gasteiger partial charge >= 0.3 is 5.97 Å². The third-order valence-corrected chi connectivity index (χ3v) is 8.20. The lowest BCUT2D eigenvalue weighted by Gasteiger charge is -2.56. The molecule has 0 unspecified atom stereocenters. The zero-order chi connectivity index (χ0) is 23.0. The molecule has 2 aliphatic carbocycles. The lowest BCUT2D eigenvalue weighted by Crippen LogP contribution is -2.65. The van der Waals surface area contributed by atoms with Gasteiger partial charge < -0.3 is 19.1 Å². The molecule has 0 radical (unpaired) electrons. The summed E-state index contributed by atoms with van der Waals surface area (Å²) in [5, 5.41) is 1.08. The average Bonchev–Trinajstić information content (AvgIpc) is 3.19. The highest BCUT2D eigenvalue weighted by atomic mass is 16.6. The minimum Gasteiger partial charge on any atom is -0.481 e. The topological polar surface area (TPSA) is 60.9 Å². The van der Waals surface area contributed by atoms with Crippen molar-refractivity contribution >= 4 is 16.9 Å². The molecule has 2 bridgehead atoms. The first kappa shape index (κ1) is 20.0. The zero-order valence-electron chi connectivity index (χ0n) is 19.2. The SMILES string of the molecule is CC(=O)Oc1ccc2c3c1O[C@H]1[C@@H](Oc4ccc5ccccc5n4)C=C[C@H]4[C@@H](C2)N(C)CC[C@@]341. The number of hydrogen-bond donors (Lipinski definition) is 0. The number of piperidine rings is 1. The first-order chi connectivity index (χ1) is 16.5. The van der Waals surface area contributed by atoms with Gasteiger partial charge in [-0.2, -0.15) is 0 Å². The van der Waals surface area contributed by atoms with Crippen molar-refractivity contribution in [2.24, 2.45) is 5.92 Å². The largest absolute Gasteiger partial charge is 0.481 e. The van der Waals surface area contributed by atoms with Crippen LogP contribution in [0.15, 0.2) is 60.7 Å². The second-order valence-electron chi connectivity index (χ2n) is 9.94. The van der Waals surface area contributed by atoms with E-state index in [0.717, 1.165) is 36.0 Å². The van der Waals surface area contributed by atoms with Crippen LogP contribution in [0, 0.1) is 5.92 Å². The van der Waals surface area contributed by atoms with E-state index in [1.54, 1.807) is 0 Å². The maximum absolute atomic E-state index is 11.8. The number of likely N-dealkylation sites (tertiary alicyclic amines) is 1. The van der Waals surface area contributed by atoms with E-state index in [4.69, 9.17) is 19.2 Å². The van der Waals surface area contributed by atoms with Crippen molar-refractivity contribution in [3.05, 3.63) is 71.8 Å². The molecule has 1 fully saturated rings. The van der Waals surface area contributed by atoms with Crippen LogP contribution in [0.25, 0.3) is 10.9 Å². The molecule has 1 saturated heterocycles. The van der Waals surface area contributed by atoms with Crippen LogP contribution in [0.1, 0.15) is 24.5 Å². The van der Waals surface area contributed by atoms with Gasteiger partial charge in [0.2, 0.25) is 5.88 Å². The molecular weight excluding hydrogens is 428 g/mol. The van der Waals surface area contributed by atoms with Gasteiger partial charge in [-0.1, -0.05) is 30.3 Å². The van der Waals surface area contributed by atoms with Crippen molar-refractivity contribution < 1.29 is 19.0 Å². The molecule has 4 aliphatic rings. The molecule has 6 heteroatoms. The molecular formula is C28H26N2O4. The van der Waals surface area contributed by atoms with Crippen molar-refractivity contribution in [1.29, 1.82) is 0 Å². The van der Waals surface area contributed by atoms with Crippen LogP contribution in [0.3, 0.4) is 0 Å². The maximum Gasteiger partial charge on any atom is 0.308 e. The molecule has 1 spiro atoms. The Balaban J connectivity index is 1.34. The minimum absolute atomic E-state index is 0.202. The number of carbonyl (C=O) groups is 1. The fourth-order valence-corrected chi connectivity index (χ4v) is 6.80.